The van der Waals surface area contributed by atoms with Gasteiger partial charge >= 0.3 is 0 Å². The van der Waals surface area contributed by atoms with Gasteiger partial charge in [0, 0.05) is 11.9 Å². The Kier molecular flexibility index (Phi) is 6.65. The summed E-state index contributed by atoms with van der Waals surface area (Å²) in [6.45, 7) is 2.93. The lowest BCUT2D eigenvalue weighted by Crippen LogP contribution is -2.07. The molecule has 0 aliphatic rings. The summed E-state index contributed by atoms with van der Waals surface area (Å²) in [5, 5.41) is 0.741. The highest BCUT2D eigenvalue weighted by Crippen LogP contribution is 2.20. The van der Waals surface area contributed by atoms with Gasteiger partial charge in [0.2, 0.25) is 0 Å². The molecule has 0 fully saturated rings. The molecule has 0 saturated heterocycles. The molecule has 0 radical (unpaired) electrons. The van der Waals surface area contributed by atoms with Gasteiger partial charge in [-0.1, -0.05) is 47.8 Å². The zero-order valence-corrected chi connectivity index (χ0v) is 11.2. The van der Waals surface area contributed by atoms with E-state index < -0.39 is 0 Å². The van der Waals surface area contributed by atoms with Crippen molar-refractivity contribution in [2.24, 2.45) is 0 Å². The average Bonchev–Trinajstić information content (AvgIpc) is 2.31. The van der Waals surface area contributed by atoms with E-state index in [0.29, 0.717) is 0 Å². The van der Waals surface area contributed by atoms with Crippen LogP contribution in [0.3, 0.4) is 0 Å². The van der Waals surface area contributed by atoms with Gasteiger partial charge in [-0.25, -0.2) is 4.39 Å². The highest BCUT2D eigenvalue weighted by molar-refractivity contribution is 9.09. The van der Waals surface area contributed by atoms with Crippen LogP contribution in [-0.2, 0) is 4.74 Å². The summed E-state index contributed by atoms with van der Waals surface area (Å²) in [7, 11) is 0. The Morgan fingerprint density at radius 2 is 1.94 bits per heavy atom. The quantitative estimate of drug-likeness (QED) is 0.531. The highest BCUT2D eigenvalue weighted by Gasteiger charge is 2.09. The fourth-order valence-corrected chi connectivity index (χ4v) is 2.05. The molecule has 0 N–H and O–H groups in total. The van der Waals surface area contributed by atoms with Crippen molar-refractivity contribution in [1.29, 1.82) is 0 Å². The van der Waals surface area contributed by atoms with Gasteiger partial charge < -0.3 is 4.74 Å². The van der Waals surface area contributed by atoms with Crippen LogP contribution in [0.25, 0.3) is 0 Å². The van der Waals surface area contributed by atoms with Crippen molar-refractivity contribution in [1.82, 2.24) is 0 Å². The van der Waals surface area contributed by atoms with Gasteiger partial charge in [0.1, 0.15) is 5.82 Å². The molecule has 16 heavy (non-hydrogen) atoms. The van der Waals surface area contributed by atoms with Crippen molar-refractivity contribution >= 4 is 15.9 Å². The fourth-order valence-electron chi connectivity index (χ4n) is 1.48. The molecule has 0 bridgehead atoms. The van der Waals surface area contributed by atoms with E-state index >= 15 is 0 Å². The van der Waals surface area contributed by atoms with Gasteiger partial charge in [0.15, 0.2) is 0 Å². The Balaban J connectivity index is 2.44. The smallest absolute Gasteiger partial charge is 0.123 e. The van der Waals surface area contributed by atoms with Crippen molar-refractivity contribution in [3.8, 4) is 0 Å². The molecule has 1 aromatic carbocycles. The monoisotopic (exact) mass is 288 g/mol. The molecule has 1 rings (SSSR count). The van der Waals surface area contributed by atoms with Crippen LogP contribution in [0.2, 0.25) is 0 Å². The average molecular weight is 289 g/mol. The molecule has 0 heterocycles. The topological polar surface area (TPSA) is 9.23 Å². The largest absolute Gasteiger partial charge is 0.373 e. The molecule has 1 atom stereocenters. The minimum Gasteiger partial charge on any atom is -0.373 e. The highest BCUT2D eigenvalue weighted by atomic mass is 79.9. The Morgan fingerprint density at radius 1 is 1.25 bits per heavy atom. The number of alkyl halides is 1. The first-order valence-electron chi connectivity index (χ1n) is 5.71. The first kappa shape index (κ1) is 13.7. The molecule has 0 aliphatic carbocycles. The van der Waals surface area contributed by atoms with Gasteiger partial charge in [-0.3, -0.25) is 0 Å². The molecule has 1 aromatic rings. The lowest BCUT2D eigenvalue weighted by atomic mass is 10.1. The van der Waals surface area contributed by atoms with Crippen LogP contribution in [0.15, 0.2) is 24.3 Å². The SMILES string of the molecule is CCCCCOC(CBr)c1ccc(F)cc1. The van der Waals surface area contributed by atoms with Crippen molar-refractivity contribution in [2.75, 3.05) is 11.9 Å². The second-order valence-electron chi connectivity index (χ2n) is 3.77. The first-order chi connectivity index (χ1) is 7.77. The van der Waals surface area contributed by atoms with Crippen LogP contribution in [0.5, 0.6) is 0 Å². The molecule has 0 aromatic heterocycles. The second kappa shape index (κ2) is 7.80. The number of hydrogen-bond donors (Lipinski definition) is 0. The predicted octanol–water partition coefficient (Wildman–Crippen LogP) is 4.47. The summed E-state index contributed by atoms with van der Waals surface area (Å²) in [4.78, 5) is 0. The van der Waals surface area contributed by atoms with Gasteiger partial charge in [-0.05, 0) is 24.1 Å². The normalized spacial score (nSPS) is 12.7. The molecular formula is C13H18BrFO. The molecule has 0 spiro atoms. The lowest BCUT2D eigenvalue weighted by Gasteiger charge is -2.15. The summed E-state index contributed by atoms with van der Waals surface area (Å²) >= 11 is 3.42. The molecule has 0 saturated carbocycles. The molecular weight excluding hydrogens is 271 g/mol. The van der Waals surface area contributed by atoms with Crippen LogP contribution >= 0.6 is 15.9 Å². The summed E-state index contributed by atoms with van der Waals surface area (Å²) in [6, 6.07) is 6.50. The molecule has 1 nitrogen and oxygen atoms in total. The van der Waals surface area contributed by atoms with E-state index in [1.54, 1.807) is 12.1 Å². The molecule has 1 unspecified atom stereocenters. The first-order valence-corrected chi connectivity index (χ1v) is 6.83. The molecule has 0 amide bonds. The van der Waals surface area contributed by atoms with E-state index in [1.807, 2.05) is 0 Å². The van der Waals surface area contributed by atoms with E-state index in [9.17, 15) is 4.39 Å². The van der Waals surface area contributed by atoms with E-state index in [2.05, 4.69) is 22.9 Å². The van der Waals surface area contributed by atoms with E-state index in [0.717, 1.165) is 23.9 Å². The number of rotatable bonds is 7. The summed E-state index contributed by atoms with van der Waals surface area (Å²) < 4.78 is 18.5. The number of ether oxygens (including phenoxy) is 1. The number of hydrogen-bond acceptors (Lipinski definition) is 1. The van der Waals surface area contributed by atoms with Gasteiger partial charge in [0.25, 0.3) is 0 Å². The van der Waals surface area contributed by atoms with E-state index in [-0.39, 0.29) is 11.9 Å². The van der Waals surface area contributed by atoms with Crippen LogP contribution in [0.4, 0.5) is 4.39 Å². The van der Waals surface area contributed by atoms with Crippen molar-refractivity contribution in [3.05, 3.63) is 35.6 Å². The zero-order chi connectivity index (χ0) is 11.8. The molecule has 3 heteroatoms. The third kappa shape index (κ3) is 4.62. The molecule has 0 aliphatic heterocycles. The minimum absolute atomic E-state index is 0.0254. The number of halogens is 2. The van der Waals surface area contributed by atoms with E-state index in [1.165, 1.54) is 25.0 Å². The Hall–Kier alpha value is -0.410. The minimum atomic E-state index is -0.206. The second-order valence-corrected chi connectivity index (χ2v) is 4.42. The van der Waals surface area contributed by atoms with E-state index in [4.69, 9.17) is 4.74 Å². The third-order valence-corrected chi connectivity index (χ3v) is 3.04. The third-order valence-electron chi connectivity index (χ3n) is 2.45. The van der Waals surface area contributed by atoms with Crippen LogP contribution in [-0.4, -0.2) is 11.9 Å². The van der Waals surface area contributed by atoms with Crippen molar-refractivity contribution < 1.29 is 9.13 Å². The standard InChI is InChI=1S/C13H18BrFO/c1-2-3-4-9-16-13(10-14)11-5-7-12(15)8-6-11/h5-8,13H,2-4,9-10H2,1H3. The number of unbranched alkanes of at least 4 members (excludes halogenated alkanes) is 2. The van der Waals surface area contributed by atoms with Gasteiger partial charge in [-0.2, -0.15) is 0 Å². The van der Waals surface area contributed by atoms with Crippen LogP contribution in [0.1, 0.15) is 37.9 Å². The lowest BCUT2D eigenvalue weighted by molar-refractivity contribution is 0.0670. The Bertz CT molecular complexity index is 286. The number of benzene rings is 1. The van der Waals surface area contributed by atoms with Crippen LogP contribution < -0.4 is 0 Å². The zero-order valence-electron chi connectivity index (χ0n) is 9.59. The maximum Gasteiger partial charge on any atom is 0.123 e. The molecule has 90 valence electrons. The van der Waals surface area contributed by atoms with Crippen molar-refractivity contribution in [2.45, 2.75) is 32.3 Å². The predicted molar refractivity (Wildman–Crippen MR) is 68.4 cm³/mol. The maximum atomic E-state index is 12.8. The Labute approximate surface area is 105 Å². The maximum absolute atomic E-state index is 12.8. The summed E-state index contributed by atoms with van der Waals surface area (Å²) in [5.74, 6) is -0.206. The van der Waals surface area contributed by atoms with Gasteiger partial charge in [-0.15, -0.1) is 0 Å². The summed E-state index contributed by atoms with van der Waals surface area (Å²) in [6.07, 6.45) is 3.50. The fraction of sp³-hybridized carbons (Fsp3) is 0.538. The van der Waals surface area contributed by atoms with Gasteiger partial charge in [0.05, 0.1) is 6.10 Å². The van der Waals surface area contributed by atoms with Crippen molar-refractivity contribution in [3.63, 3.8) is 0 Å². The Morgan fingerprint density at radius 3 is 2.50 bits per heavy atom. The summed E-state index contributed by atoms with van der Waals surface area (Å²) in [5.41, 5.74) is 1.02. The van der Waals surface area contributed by atoms with Crippen LogP contribution in [0, 0.1) is 5.82 Å².